The minimum atomic E-state index is -0.00117. The molecule has 0 aliphatic carbocycles. The Morgan fingerprint density at radius 2 is 2.00 bits per heavy atom. The molecule has 5 heteroatoms. The van der Waals surface area contributed by atoms with Crippen molar-refractivity contribution in [1.82, 2.24) is 15.1 Å². The molecule has 1 aliphatic heterocycles. The van der Waals surface area contributed by atoms with Gasteiger partial charge in [-0.3, -0.25) is 0 Å². The smallest absolute Gasteiger partial charge is 0.317 e. The maximum absolute atomic E-state index is 12.2. The Balaban J connectivity index is 1.97. The van der Waals surface area contributed by atoms with Crippen LogP contribution in [0, 0.1) is 6.92 Å². The van der Waals surface area contributed by atoms with Crippen molar-refractivity contribution in [3.8, 4) is 0 Å². The number of carbonyl (C=O) groups is 1. The van der Waals surface area contributed by atoms with Gasteiger partial charge >= 0.3 is 6.03 Å². The first-order valence-corrected chi connectivity index (χ1v) is 7.42. The lowest BCUT2D eigenvalue weighted by Crippen LogP contribution is -2.47. The van der Waals surface area contributed by atoms with Crippen molar-refractivity contribution in [3.63, 3.8) is 0 Å². The lowest BCUT2D eigenvalue weighted by Gasteiger charge is -2.30. The van der Waals surface area contributed by atoms with Crippen LogP contribution in [0.1, 0.15) is 17.2 Å². The number of ether oxygens (including phenoxy) is 1. The van der Waals surface area contributed by atoms with Crippen molar-refractivity contribution < 1.29 is 9.53 Å². The third kappa shape index (κ3) is 4.19. The molecule has 0 aromatic heterocycles. The highest BCUT2D eigenvalue weighted by molar-refractivity contribution is 5.74. The van der Waals surface area contributed by atoms with E-state index < -0.39 is 0 Å². The van der Waals surface area contributed by atoms with Gasteiger partial charge in [0, 0.05) is 19.6 Å². The maximum Gasteiger partial charge on any atom is 0.317 e. The zero-order valence-corrected chi connectivity index (χ0v) is 13.1. The van der Waals surface area contributed by atoms with Crippen molar-refractivity contribution in [2.45, 2.75) is 13.0 Å². The summed E-state index contributed by atoms with van der Waals surface area (Å²) in [7, 11) is 4.08. The van der Waals surface area contributed by atoms with Crippen molar-refractivity contribution in [2.24, 2.45) is 0 Å². The van der Waals surface area contributed by atoms with Crippen LogP contribution in [-0.4, -0.2) is 62.8 Å². The lowest BCUT2D eigenvalue weighted by molar-refractivity contribution is 0.0528. The summed E-state index contributed by atoms with van der Waals surface area (Å²) in [6.45, 7) is 5.31. The Kier molecular flexibility index (Phi) is 5.59. The number of hydrogen-bond donors (Lipinski definition) is 1. The molecule has 2 amide bonds. The predicted octanol–water partition coefficient (Wildman–Crippen LogP) is 1.64. The number of likely N-dealkylation sites (N-methyl/N-ethyl adjacent to an activating group) is 1. The second-order valence-corrected chi connectivity index (χ2v) is 5.62. The first-order chi connectivity index (χ1) is 10.1. The first kappa shape index (κ1) is 15.8. The third-order valence-electron chi connectivity index (χ3n) is 3.92. The summed E-state index contributed by atoms with van der Waals surface area (Å²) in [6, 6.07) is 8.49. The molecule has 0 spiro atoms. The molecule has 0 radical (unpaired) electrons. The number of aryl methyl sites for hydroxylation is 1. The van der Waals surface area contributed by atoms with Gasteiger partial charge in [0.25, 0.3) is 0 Å². The average molecular weight is 291 g/mol. The highest BCUT2D eigenvalue weighted by Crippen LogP contribution is 2.21. The van der Waals surface area contributed by atoms with E-state index in [0.717, 1.165) is 0 Å². The van der Waals surface area contributed by atoms with Gasteiger partial charge < -0.3 is 19.9 Å². The highest BCUT2D eigenvalue weighted by Gasteiger charge is 2.20. The lowest BCUT2D eigenvalue weighted by atomic mass is 10.0. The number of nitrogens with zero attached hydrogens (tertiary/aromatic N) is 2. The van der Waals surface area contributed by atoms with Gasteiger partial charge in [-0.25, -0.2) is 4.79 Å². The molecule has 1 fully saturated rings. The van der Waals surface area contributed by atoms with Gasteiger partial charge in [-0.2, -0.15) is 0 Å². The van der Waals surface area contributed by atoms with E-state index in [9.17, 15) is 4.79 Å². The molecular weight excluding hydrogens is 266 g/mol. The maximum atomic E-state index is 12.2. The third-order valence-corrected chi connectivity index (χ3v) is 3.92. The van der Waals surface area contributed by atoms with E-state index in [0.29, 0.717) is 32.8 Å². The van der Waals surface area contributed by atoms with E-state index in [4.69, 9.17) is 4.74 Å². The molecule has 1 aromatic rings. The Morgan fingerprint density at radius 3 is 2.62 bits per heavy atom. The molecule has 1 N–H and O–H groups in total. The van der Waals surface area contributed by atoms with E-state index >= 15 is 0 Å². The molecule has 1 heterocycles. The van der Waals surface area contributed by atoms with Crippen LogP contribution in [0.15, 0.2) is 24.3 Å². The second-order valence-electron chi connectivity index (χ2n) is 5.62. The minimum Gasteiger partial charge on any atom is -0.378 e. The highest BCUT2D eigenvalue weighted by atomic mass is 16.5. The predicted molar refractivity (Wildman–Crippen MR) is 83.4 cm³/mol. The van der Waals surface area contributed by atoms with Gasteiger partial charge in [-0.15, -0.1) is 0 Å². The van der Waals surface area contributed by atoms with Gasteiger partial charge in [0.1, 0.15) is 0 Å². The molecule has 1 aliphatic rings. The van der Waals surface area contributed by atoms with Crippen molar-refractivity contribution in [1.29, 1.82) is 0 Å². The summed E-state index contributed by atoms with van der Waals surface area (Å²) in [5.74, 6) is 0. The molecule has 1 atom stereocenters. The summed E-state index contributed by atoms with van der Waals surface area (Å²) >= 11 is 0. The van der Waals surface area contributed by atoms with Crippen LogP contribution in [0.25, 0.3) is 0 Å². The van der Waals surface area contributed by atoms with Crippen LogP contribution >= 0.6 is 0 Å². The summed E-state index contributed by atoms with van der Waals surface area (Å²) in [5, 5.41) is 3.05. The van der Waals surface area contributed by atoms with Crippen LogP contribution in [0.2, 0.25) is 0 Å². The molecule has 1 aromatic carbocycles. The number of morpholine rings is 1. The number of benzene rings is 1. The van der Waals surface area contributed by atoms with Gasteiger partial charge in [-0.1, -0.05) is 24.3 Å². The normalized spacial score (nSPS) is 16.9. The topological polar surface area (TPSA) is 44.8 Å². The Labute approximate surface area is 126 Å². The van der Waals surface area contributed by atoms with Crippen molar-refractivity contribution in [3.05, 3.63) is 35.4 Å². The first-order valence-electron chi connectivity index (χ1n) is 7.42. The number of urea groups is 1. The molecule has 116 valence electrons. The van der Waals surface area contributed by atoms with Gasteiger partial charge in [0.2, 0.25) is 0 Å². The molecule has 1 saturated heterocycles. The Hall–Kier alpha value is -1.59. The van der Waals surface area contributed by atoms with Gasteiger partial charge in [-0.05, 0) is 32.1 Å². The molecule has 21 heavy (non-hydrogen) atoms. The Morgan fingerprint density at radius 1 is 1.33 bits per heavy atom. The second kappa shape index (κ2) is 7.43. The fraction of sp³-hybridized carbons (Fsp3) is 0.562. The standard InChI is InChI=1S/C16H25N3O2/c1-13-6-4-5-7-14(13)15(18(2)3)12-17-16(20)19-8-10-21-11-9-19/h4-7,15H,8-12H2,1-3H3,(H,17,20). The fourth-order valence-corrected chi connectivity index (χ4v) is 2.59. The van der Waals surface area contributed by atoms with Crippen LogP contribution in [0.5, 0.6) is 0 Å². The van der Waals surface area contributed by atoms with Crippen LogP contribution < -0.4 is 5.32 Å². The number of rotatable bonds is 4. The number of amides is 2. The molecule has 1 unspecified atom stereocenters. The zero-order valence-electron chi connectivity index (χ0n) is 13.1. The fourth-order valence-electron chi connectivity index (χ4n) is 2.59. The molecule has 5 nitrogen and oxygen atoms in total. The van der Waals surface area contributed by atoms with Crippen LogP contribution in [0.3, 0.4) is 0 Å². The SMILES string of the molecule is Cc1ccccc1C(CNC(=O)N1CCOCC1)N(C)C. The van der Waals surface area contributed by atoms with E-state index in [2.05, 4.69) is 29.3 Å². The number of nitrogens with one attached hydrogen (secondary N) is 1. The summed E-state index contributed by atoms with van der Waals surface area (Å²) in [4.78, 5) is 16.1. The summed E-state index contributed by atoms with van der Waals surface area (Å²) in [5.41, 5.74) is 2.50. The molecular formula is C16H25N3O2. The van der Waals surface area contributed by atoms with E-state index in [1.54, 1.807) is 0 Å². The van der Waals surface area contributed by atoms with Crippen molar-refractivity contribution >= 4 is 6.03 Å². The van der Waals surface area contributed by atoms with E-state index in [-0.39, 0.29) is 12.1 Å². The quantitative estimate of drug-likeness (QED) is 0.917. The van der Waals surface area contributed by atoms with E-state index in [1.165, 1.54) is 11.1 Å². The number of hydrogen-bond acceptors (Lipinski definition) is 3. The minimum absolute atomic E-state index is 0.00117. The zero-order chi connectivity index (χ0) is 15.2. The number of carbonyl (C=O) groups excluding carboxylic acids is 1. The molecule has 2 rings (SSSR count). The largest absolute Gasteiger partial charge is 0.378 e. The summed E-state index contributed by atoms with van der Waals surface area (Å²) in [6.07, 6.45) is 0. The van der Waals surface area contributed by atoms with Crippen LogP contribution in [-0.2, 0) is 4.74 Å². The Bertz CT molecular complexity index is 470. The monoisotopic (exact) mass is 291 g/mol. The van der Waals surface area contributed by atoms with E-state index in [1.807, 2.05) is 31.1 Å². The molecule has 0 saturated carbocycles. The summed E-state index contributed by atoms with van der Waals surface area (Å²) < 4.78 is 5.27. The molecule has 0 bridgehead atoms. The average Bonchev–Trinajstić information content (AvgIpc) is 2.49. The van der Waals surface area contributed by atoms with Gasteiger partial charge in [0.05, 0.1) is 19.3 Å². The van der Waals surface area contributed by atoms with Crippen LogP contribution in [0.4, 0.5) is 4.79 Å². The van der Waals surface area contributed by atoms with Crippen molar-refractivity contribution in [2.75, 3.05) is 46.9 Å². The van der Waals surface area contributed by atoms with Gasteiger partial charge in [0.15, 0.2) is 0 Å².